The van der Waals surface area contributed by atoms with E-state index < -0.39 is 11.9 Å². The molecule has 0 aromatic rings. The summed E-state index contributed by atoms with van der Waals surface area (Å²) < 4.78 is 0. The molecular weight excluding hydrogens is 266 g/mol. The minimum absolute atomic E-state index is 0.116. The molecule has 0 heterocycles. The smallest absolute Gasteiger partial charge is 0.307 e. The van der Waals surface area contributed by atoms with Crippen molar-refractivity contribution in [1.82, 2.24) is 5.32 Å². The summed E-state index contributed by atoms with van der Waals surface area (Å²) in [6.45, 7) is 0.763. The fraction of sp³-hybridized carbons (Fsp3) is 0.846. The minimum Gasteiger partial charge on any atom is -0.481 e. The zero-order valence-corrected chi connectivity index (χ0v) is 12.0. The molecule has 0 bridgehead atoms. The van der Waals surface area contributed by atoms with Crippen molar-refractivity contribution in [3.05, 3.63) is 0 Å². The first-order valence-corrected chi connectivity index (χ1v) is 8.01. The fourth-order valence-electron chi connectivity index (χ4n) is 2.39. The zero-order chi connectivity index (χ0) is 14.1. The standard InChI is InChI=1S/C13H23NO4S/c15-7-3-8-19-9-6-14-12(16)10-4-1-2-5-11(10)13(17)18/h10-11,15H,1-9H2,(H,14,16)(H,17,18). The minimum atomic E-state index is -0.850. The van der Waals surface area contributed by atoms with Crippen molar-refractivity contribution < 1.29 is 19.8 Å². The molecule has 0 radical (unpaired) electrons. The Morgan fingerprint density at radius 2 is 1.84 bits per heavy atom. The summed E-state index contributed by atoms with van der Waals surface area (Å²) in [5, 5.41) is 20.6. The van der Waals surface area contributed by atoms with Gasteiger partial charge < -0.3 is 15.5 Å². The zero-order valence-electron chi connectivity index (χ0n) is 11.1. The maximum atomic E-state index is 12.0. The molecule has 110 valence electrons. The Morgan fingerprint density at radius 3 is 2.47 bits per heavy atom. The number of thioether (sulfide) groups is 1. The molecule has 1 amide bonds. The number of carbonyl (C=O) groups is 2. The van der Waals surface area contributed by atoms with Crippen LogP contribution in [0.3, 0.4) is 0 Å². The van der Waals surface area contributed by atoms with Crippen LogP contribution in [0.4, 0.5) is 0 Å². The predicted octanol–water partition coefficient (Wildman–Crippen LogP) is 1.11. The third-order valence-corrected chi connectivity index (χ3v) is 4.48. The lowest BCUT2D eigenvalue weighted by atomic mass is 9.79. The summed E-state index contributed by atoms with van der Waals surface area (Å²) >= 11 is 1.68. The highest BCUT2D eigenvalue weighted by molar-refractivity contribution is 7.99. The highest BCUT2D eigenvalue weighted by atomic mass is 32.2. The molecule has 0 aromatic heterocycles. The van der Waals surface area contributed by atoms with Gasteiger partial charge in [0.1, 0.15) is 0 Å². The quantitative estimate of drug-likeness (QED) is 0.583. The van der Waals surface area contributed by atoms with E-state index in [9.17, 15) is 9.59 Å². The van der Waals surface area contributed by atoms with Crippen molar-refractivity contribution >= 4 is 23.6 Å². The van der Waals surface area contributed by atoms with Crippen molar-refractivity contribution in [2.24, 2.45) is 11.8 Å². The van der Waals surface area contributed by atoms with Crippen LogP contribution in [0.2, 0.25) is 0 Å². The number of carboxylic acid groups (broad SMARTS) is 1. The number of hydrogen-bond donors (Lipinski definition) is 3. The molecule has 1 saturated carbocycles. The molecule has 6 heteroatoms. The number of carboxylic acids is 1. The van der Waals surface area contributed by atoms with Crippen LogP contribution in [-0.2, 0) is 9.59 Å². The van der Waals surface area contributed by atoms with E-state index in [2.05, 4.69) is 5.32 Å². The summed E-state index contributed by atoms with van der Waals surface area (Å²) in [6.07, 6.45) is 3.90. The van der Waals surface area contributed by atoms with E-state index in [1.165, 1.54) is 0 Å². The Labute approximate surface area is 118 Å². The van der Waals surface area contributed by atoms with Gasteiger partial charge in [-0.1, -0.05) is 12.8 Å². The number of aliphatic hydroxyl groups is 1. The Hall–Kier alpha value is -0.750. The van der Waals surface area contributed by atoms with E-state index >= 15 is 0 Å². The van der Waals surface area contributed by atoms with Crippen molar-refractivity contribution in [2.75, 3.05) is 24.7 Å². The van der Waals surface area contributed by atoms with E-state index in [0.29, 0.717) is 19.4 Å². The summed E-state index contributed by atoms with van der Waals surface area (Å²) in [6, 6.07) is 0. The van der Waals surface area contributed by atoms with Gasteiger partial charge in [-0.15, -0.1) is 0 Å². The fourth-order valence-corrected chi connectivity index (χ4v) is 3.17. The van der Waals surface area contributed by atoms with Crippen LogP contribution in [0.1, 0.15) is 32.1 Å². The topological polar surface area (TPSA) is 86.6 Å². The lowest BCUT2D eigenvalue weighted by Crippen LogP contribution is -2.40. The maximum absolute atomic E-state index is 12.0. The monoisotopic (exact) mass is 289 g/mol. The van der Waals surface area contributed by atoms with Crippen LogP contribution in [0, 0.1) is 11.8 Å². The Bertz CT molecular complexity index is 298. The van der Waals surface area contributed by atoms with Crippen molar-refractivity contribution in [1.29, 1.82) is 0 Å². The lowest BCUT2D eigenvalue weighted by molar-refractivity contribution is -0.148. The van der Waals surface area contributed by atoms with Crippen LogP contribution < -0.4 is 5.32 Å². The van der Waals surface area contributed by atoms with Gasteiger partial charge in [0, 0.05) is 18.9 Å². The van der Waals surface area contributed by atoms with Crippen LogP contribution in [0.25, 0.3) is 0 Å². The van der Waals surface area contributed by atoms with Gasteiger partial charge in [-0.2, -0.15) is 11.8 Å². The van der Waals surface area contributed by atoms with E-state index in [4.69, 9.17) is 10.2 Å². The van der Waals surface area contributed by atoms with Gasteiger partial charge in [-0.25, -0.2) is 0 Å². The first-order chi connectivity index (χ1) is 9.16. The van der Waals surface area contributed by atoms with Crippen LogP contribution in [0.5, 0.6) is 0 Å². The molecule has 19 heavy (non-hydrogen) atoms. The number of aliphatic hydroxyl groups excluding tert-OH is 1. The number of nitrogens with one attached hydrogen (secondary N) is 1. The van der Waals surface area contributed by atoms with Crippen molar-refractivity contribution in [3.8, 4) is 0 Å². The molecular formula is C13H23NO4S. The number of aliphatic carboxylic acids is 1. The third-order valence-electron chi connectivity index (χ3n) is 3.41. The highest BCUT2D eigenvalue weighted by Crippen LogP contribution is 2.30. The molecule has 5 nitrogen and oxygen atoms in total. The second-order valence-corrected chi connectivity index (χ2v) is 6.04. The lowest BCUT2D eigenvalue weighted by Gasteiger charge is -2.27. The van der Waals surface area contributed by atoms with Crippen LogP contribution in [0.15, 0.2) is 0 Å². The Kier molecular flexibility index (Phi) is 7.90. The van der Waals surface area contributed by atoms with E-state index in [-0.39, 0.29) is 18.4 Å². The van der Waals surface area contributed by atoms with Gasteiger partial charge >= 0.3 is 5.97 Å². The van der Waals surface area contributed by atoms with Gasteiger partial charge in [0.05, 0.1) is 11.8 Å². The second kappa shape index (κ2) is 9.20. The predicted molar refractivity (Wildman–Crippen MR) is 75.1 cm³/mol. The first-order valence-electron chi connectivity index (χ1n) is 6.86. The number of hydrogen-bond acceptors (Lipinski definition) is 4. The van der Waals surface area contributed by atoms with Gasteiger partial charge in [0.25, 0.3) is 0 Å². The Morgan fingerprint density at radius 1 is 1.16 bits per heavy atom. The van der Waals surface area contributed by atoms with Crippen molar-refractivity contribution in [3.63, 3.8) is 0 Å². The van der Waals surface area contributed by atoms with E-state index in [0.717, 1.165) is 30.8 Å². The number of amides is 1. The van der Waals surface area contributed by atoms with Gasteiger partial charge in [0.15, 0.2) is 0 Å². The number of carbonyl (C=O) groups excluding carboxylic acids is 1. The molecule has 1 fully saturated rings. The molecule has 0 aromatic carbocycles. The van der Waals surface area contributed by atoms with E-state index in [1.54, 1.807) is 11.8 Å². The van der Waals surface area contributed by atoms with Crippen LogP contribution >= 0.6 is 11.8 Å². The van der Waals surface area contributed by atoms with E-state index in [1.807, 2.05) is 0 Å². The molecule has 0 spiro atoms. The molecule has 0 aliphatic heterocycles. The normalized spacial score (nSPS) is 23.0. The second-order valence-electron chi connectivity index (χ2n) is 4.82. The maximum Gasteiger partial charge on any atom is 0.307 e. The molecule has 1 rings (SSSR count). The largest absolute Gasteiger partial charge is 0.481 e. The molecule has 2 unspecified atom stereocenters. The Balaban J connectivity index is 2.25. The average Bonchev–Trinajstić information content (AvgIpc) is 2.42. The molecule has 2 atom stereocenters. The molecule has 3 N–H and O–H groups in total. The summed E-state index contributed by atoms with van der Waals surface area (Å²) in [4.78, 5) is 23.1. The average molecular weight is 289 g/mol. The van der Waals surface area contributed by atoms with Gasteiger partial charge in [-0.3, -0.25) is 9.59 Å². The molecule has 1 aliphatic carbocycles. The van der Waals surface area contributed by atoms with Crippen LogP contribution in [-0.4, -0.2) is 46.7 Å². The summed E-state index contributed by atoms with van der Waals surface area (Å²) in [5.41, 5.74) is 0. The van der Waals surface area contributed by atoms with Gasteiger partial charge in [-0.05, 0) is 25.0 Å². The summed E-state index contributed by atoms with van der Waals surface area (Å²) in [5.74, 6) is -0.166. The van der Waals surface area contributed by atoms with Crippen molar-refractivity contribution in [2.45, 2.75) is 32.1 Å². The highest BCUT2D eigenvalue weighted by Gasteiger charge is 2.35. The third kappa shape index (κ3) is 5.82. The number of rotatable bonds is 8. The molecule has 0 saturated heterocycles. The molecule has 1 aliphatic rings. The first kappa shape index (κ1) is 16.3. The van der Waals surface area contributed by atoms with Gasteiger partial charge in [0.2, 0.25) is 5.91 Å². The summed E-state index contributed by atoms with van der Waals surface area (Å²) in [7, 11) is 0. The SMILES string of the molecule is O=C(O)C1CCCCC1C(=O)NCCSCCCO.